The number of methoxy groups -OCH3 is 1. The average molecular weight is 370 g/mol. The predicted octanol–water partition coefficient (Wildman–Crippen LogP) is 1.99. The zero-order chi connectivity index (χ0) is 19.4. The number of carbonyl (C=O) groups excluding carboxylic acids is 1. The van der Waals surface area contributed by atoms with Gasteiger partial charge in [-0.2, -0.15) is 5.10 Å². The molecule has 10 heteroatoms. The molecular formula is C17H18N6O4. The molecule has 0 fully saturated rings. The zero-order valence-corrected chi connectivity index (χ0v) is 14.8. The lowest BCUT2D eigenvalue weighted by atomic mass is 10.2. The first-order valence-corrected chi connectivity index (χ1v) is 8.08. The van der Waals surface area contributed by atoms with Crippen molar-refractivity contribution < 1.29 is 14.5 Å². The molecule has 0 aliphatic heterocycles. The van der Waals surface area contributed by atoms with E-state index in [1.807, 2.05) is 24.3 Å². The Bertz CT molecular complexity index is 977. The van der Waals surface area contributed by atoms with Crippen molar-refractivity contribution >= 4 is 17.4 Å². The van der Waals surface area contributed by atoms with E-state index >= 15 is 0 Å². The van der Waals surface area contributed by atoms with Crippen LogP contribution in [0.25, 0.3) is 0 Å². The summed E-state index contributed by atoms with van der Waals surface area (Å²) in [7, 11) is 1.60. The highest BCUT2D eigenvalue weighted by Gasteiger charge is 2.19. The Balaban J connectivity index is 1.63. The van der Waals surface area contributed by atoms with Gasteiger partial charge in [-0.25, -0.2) is 0 Å². The number of amides is 1. The second-order valence-corrected chi connectivity index (χ2v) is 5.88. The van der Waals surface area contributed by atoms with Crippen molar-refractivity contribution in [2.75, 3.05) is 12.4 Å². The molecule has 0 aliphatic rings. The first-order valence-electron chi connectivity index (χ1n) is 8.08. The lowest BCUT2D eigenvalue weighted by Gasteiger charge is -2.04. The summed E-state index contributed by atoms with van der Waals surface area (Å²) in [5, 5.41) is 21.8. The number of nitrogens with one attached hydrogen (secondary N) is 1. The van der Waals surface area contributed by atoms with Crippen LogP contribution < -0.4 is 10.1 Å². The number of rotatable bonds is 7. The number of aryl methyl sites for hydroxylation is 1. The highest BCUT2D eigenvalue weighted by Crippen LogP contribution is 2.15. The summed E-state index contributed by atoms with van der Waals surface area (Å²) in [6.07, 6.45) is 3.20. The normalized spacial score (nSPS) is 10.6. The number of anilines is 1. The van der Waals surface area contributed by atoms with Gasteiger partial charge >= 0.3 is 5.82 Å². The van der Waals surface area contributed by atoms with Gasteiger partial charge in [-0.05, 0) is 29.5 Å². The number of nitro groups is 1. The predicted molar refractivity (Wildman–Crippen MR) is 96.6 cm³/mol. The third-order valence-corrected chi connectivity index (χ3v) is 3.76. The molecule has 0 saturated carbocycles. The van der Waals surface area contributed by atoms with E-state index in [-0.39, 0.29) is 12.4 Å². The SMILES string of the molecule is COc1cccc(Cn2cc(NC(=O)Cn3nc(C)cc3[N+](=O)[O-])cn2)c1. The van der Waals surface area contributed by atoms with Gasteiger partial charge in [0, 0.05) is 6.20 Å². The molecule has 0 spiro atoms. The molecule has 2 aromatic heterocycles. The smallest absolute Gasteiger partial charge is 0.345 e. The molecule has 1 amide bonds. The maximum absolute atomic E-state index is 12.2. The molecule has 140 valence electrons. The number of nitrogens with zero attached hydrogens (tertiary/aromatic N) is 5. The summed E-state index contributed by atoms with van der Waals surface area (Å²) >= 11 is 0. The molecular weight excluding hydrogens is 352 g/mol. The third kappa shape index (κ3) is 4.48. The minimum Gasteiger partial charge on any atom is -0.497 e. The second kappa shape index (κ2) is 7.68. The maximum atomic E-state index is 12.2. The lowest BCUT2D eigenvalue weighted by molar-refractivity contribution is -0.392. The van der Waals surface area contributed by atoms with Crippen molar-refractivity contribution in [2.45, 2.75) is 20.0 Å². The fraction of sp³-hybridized carbons (Fsp3) is 0.235. The number of ether oxygens (including phenoxy) is 1. The molecule has 1 N–H and O–H groups in total. The van der Waals surface area contributed by atoms with Crippen LogP contribution in [0, 0.1) is 17.0 Å². The summed E-state index contributed by atoms with van der Waals surface area (Å²) < 4.78 is 7.92. The van der Waals surface area contributed by atoms with Gasteiger partial charge in [-0.15, -0.1) is 4.68 Å². The molecule has 3 aromatic rings. The van der Waals surface area contributed by atoms with Crippen LogP contribution in [0.2, 0.25) is 0 Å². The van der Waals surface area contributed by atoms with E-state index in [1.54, 1.807) is 24.9 Å². The van der Waals surface area contributed by atoms with E-state index in [2.05, 4.69) is 15.5 Å². The quantitative estimate of drug-likeness (QED) is 0.502. The summed E-state index contributed by atoms with van der Waals surface area (Å²) in [6, 6.07) is 8.91. The number of benzene rings is 1. The standard InChI is InChI=1S/C17H18N6O4/c1-12-6-17(23(25)26)22(20-12)11-16(24)19-14-8-18-21(10-14)9-13-4-3-5-15(7-13)27-2/h3-8,10H,9,11H2,1-2H3,(H,19,24). The van der Waals surface area contributed by atoms with Crippen molar-refractivity contribution in [3.63, 3.8) is 0 Å². The van der Waals surface area contributed by atoms with E-state index in [0.717, 1.165) is 16.0 Å². The van der Waals surface area contributed by atoms with Crippen molar-refractivity contribution in [1.29, 1.82) is 0 Å². The van der Waals surface area contributed by atoms with Gasteiger partial charge in [0.2, 0.25) is 0 Å². The molecule has 0 bridgehead atoms. The van der Waals surface area contributed by atoms with Crippen molar-refractivity contribution in [3.05, 3.63) is 64.1 Å². The maximum Gasteiger partial charge on any atom is 0.345 e. The van der Waals surface area contributed by atoms with Crippen LogP contribution in [-0.2, 0) is 17.9 Å². The monoisotopic (exact) mass is 370 g/mol. The van der Waals surface area contributed by atoms with Gasteiger partial charge in [0.05, 0.1) is 37.3 Å². The summed E-state index contributed by atoms with van der Waals surface area (Å²) in [4.78, 5) is 22.6. The van der Waals surface area contributed by atoms with Crippen molar-refractivity contribution in [3.8, 4) is 5.75 Å². The van der Waals surface area contributed by atoms with E-state index in [9.17, 15) is 14.9 Å². The molecule has 1 aromatic carbocycles. The van der Waals surface area contributed by atoms with Gasteiger partial charge in [0.25, 0.3) is 5.91 Å². The van der Waals surface area contributed by atoms with E-state index in [0.29, 0.717) is 17.9 Å². The molecule has 0 atom stereocenters. The first-order chi connectivity index (χ1) is 12.9. The average Bonchev–Trinajstić information content (AvgIpc) is 3.21. The molecule has 3 rings (SSSR count). The zero-order valence-electron chi connectivity index (χ0n) is 14.8. The Morgan fingerprint density at radius 2 is 2.19 bits per heavy atom. The molecule has 0 unspecified atom stereocenters. The molecule has 0 aliphatic carbocycles. The number of aromatic nitrogens is 4. The van der Waals surface area contributed by atoms with Crippen LogP contribution in [0.1, 0.15) is 11.3 Å². The van der Waals surface area contributed by atoms with Gasteiger partial charge < -0.3 is 20.2 Å². The molecule has 0 saturated heterocycles. The number of hydrogen-bond donors (Lipinski definition) is 1. The van der Waals surface area contributed by atoms with Gasteiger partial charge in [-0.3, -0.25) is 9.48 Å². The molecule has 10 nitrogen and oxygen atoms in total. The fourth-order valence-electron chi connectivity index (χ4n) is 2.60. The third-order valence-electron chi connectivity index (χ3n) is 3.76. The first kappa shape index (κ1) is 18.1. The Labute approximate surface area is 154 Å². The van der Waals surface area contributed by atoms with Gasteiger partial charge in [0.15, 0.2) is 6.54 Å². The summed E-state index contributed by atoms with van der Waals surface area (Å²) in [5.41, 5.74) is 1.97. The summed E-state index contributed by atoms with van der Waals surface area (Å²) in [6.45, 7) is 1.88. The van der Waals surface area contributed by atoms with E-state index in [4.69, 9.17) is 4.74 Å². The largest absolute Gasteiger partial charge is 0.497 e. The van der Waals surface area contributed by atoms with Crippen LogP contribution >= 0.6 is 0 Å². The van der Waals surface area contributed by atoms with Gasteiger partial charge in [0.1, 0.15) is 5.75 Å². The van der Waals surface area contributed by atoms with Crippen molar-refractivity contribution in [2.24, 2.45) is 0 Å². The van der Waals surface area contributed by atoms with Gasteiger partial charge in [-0.1, -0.05) is 17.2 Å². The number of hydrogen-bond acceptors (Lipinski definition) is 6. The van der Waals surface area contributed by atoms with E-state index in [1.165, 1.54) is 12.3 Å². The van der Waals surface area contributed by atoms with Crippen LogP contribution in [0.3, 0.4) is 0 Å². The van der Waals surface area contributed by atoms with Crippen LogP contribution in [0.4, 0.5) is 11.5 Å². The Kier molecular flexibility index (Phi) is 5.15. The topological polar surface area (TPSA) is 117 Å². The van der Waals surface area contributed by atoms with Crippen molar-refractivity contribution in [1.82, 2.24) is 19.6 Å². The molecule has 2 heterocycles. The summed E-state index contributed by atoms with van der Waals surface area (Å²) in [5.74, 6) is 0.0998. The molecule has 27 heavy (non-hydrogen) atoms. The highest BCUT2D eigenvalue weighted by atomic mass is 16.6. The van der Waals surface area contributed by atoms with Crippen LogP contribution in [0.5, 0.6) is 5.75 Å². The molecule has 0 radical (unpaired) electrons. The Morgan fingerprint density at radius 3 is 2.93 bits per heavy atom. The lowest BCUT2D eigenvalue weighted by Crippen LogP contribution is -2.20. The second-order valence-electron chi connectivity index (χ2n) is 5.88. The Morgan fingerprint density at radius 1 is 1.37 bits per heavy atom. The highest BCUT2D eigenvalue weighted by molar-refractivity contribution is 5.90. The Hall–Kier alpha value is -3.69. The minimum atomic E-state index is -0.570. The fourth-order valence-corrected chi connectivity index (χ4v) is 2.60. The number of carbonyl (C=O) groups is 1. The van der Waals surface area contributed by atoms with Crippen LogP contribution in [0.15, 0.2) is 42.7 Å². The van der Waals surface area contributed by atoms with Crippen LogP contribution in [-0.4, -0.2) is 37.5 Å². The minimum absolute atomic E-state index is 0.226. The van der Waals surface area contributed by atoms with E-state index < -0.39 is 10.8 Å².